The van der Waals surface area contributed by atoms with Crippen LogP contribution in [0.1, 0.15) is 19.8 Å². The normalized spacial score (nSPS) is 26.7. The molecule has 15 heavy (non-hydrogen) atoms. The second-order valence-corrected chi connectivity index (χ2v) is 4.54. The molecule has 1 aliphatic heterocycles. The molecule has 1 heterocycles. The summed E-state index contributed by atoms with van der Waals surface area (Å²) in [5.41, 5.74) is 0.374. The van der Waals surface area contributed by atoms with Crippen molar-refractivity contribution in [1.29, 1.82) is 0 Å². The molecule has 1 fully saturated rings. The average Bonchev–Trinajstić information content (AvgIpc) is 2.16. The van der Waals surface area contributed by atoms with E-state index in [2.05, 4.69) is 4.90 Å². The zero-order valence-electron chi connectivity index (χ0n) is 8.98. The number of anilines is 1. The Balaban J connectivity index is 2.17. The summed E-state index contributed by atoms with van der Waals surface area (Å²) in [7, 11) is 0. The molecule has 1 aromatic rings. The van der Waals surface area contributed by atoms with E-state index < -0.39 is 5.60 Å². The summed E-state index contributed by atoms with van der Waals surface area (Å²) in [5.74, 6) is 0.276. The van der Waals surface area contributed by atoms with E-state index in [-0.39, 0.29) is 5.75 Å². The standard InChI is InChI=1S/C12H17NO2/c1-12(15)6-3-7-13(9-12)10-4-2-5-11(14)8-10/h2,4-5,8,14-15H,3,6-7,9H2,1H3. The molecule has 1 saturated heterocycles. The Labute approximate surface area is 90.0 Å². The lowest BCUT2D eigenvalue weighted by molar-refractivity contribution is 0.0449. The third kappa shape index (κ3) is 2.42. The number of hydrogen-bond acceptors (Lipinski definition) is 3. The zero-order chi connectivity index (χ0) is 10.9. The SMILES string of the molecule is CC1(O)CCCN(c2cccc(O)c2)C1. The predicted molar refractivity (Wildman–Crippen MR) is 60.2 cm³/mol. The topological polar surface area (TPSA) is 43.7 Å². The third-order valence-electron chi connectivity index (χ3n) is 2.87. The van der Waals surface area contributed by atoms with Crippen molar-refractivity contribution in [3.63, 3.8) is 0 Å². The number of benzene rings is 1. The van der Waals surface area contributed by atoms with Gasteiger partial charge in [0.05, 0.1) is 5.60 Å². The van der Waals surface area contributed by atoms with Crippen molar-refractivity contribution >= 4 is 5.69 Å². The minimum Gasteiger partial charge on any atom is -0.508 e. The van der Waals surface area contributed by atoms with E-state index in [0.29, 0.717) is 6.54 Å². The molecule has 3 nitrogen and oxygen atoms in total. The first-order valence-electron chi connectivity index (χ1n) is 5.33. The highest BCUT2D eigenvalue weighted by Crippen LogP contribution is 2.27. The van der Waals surface area contributed by atoms with Gasteiger partial charge in [-0.15, -0.1) is 0 Å². The molecule has 0 bridgehead atoms. The molecule has 1 aromatic carbocycles. The molecule has 0 aromatic heterocycles. The van der Waals surface area contributed by atoms with Crippen LogP contribution in [0.15, 0.2) is 24.3 Å². The van der Waals surface area contributed by atoms with Crippen LogP contribution >= 0.6 is 0 Å². The van der Waals surface area contributed by atoms with Gasteiger partial charge in [0.1, 0.15) is 5.75 Å². The number of β-amino-alcohol motifs (C(OH)–C–C–N with tert-alkyl or cyclic N) is 1. The monoisotopic (exact) mass is 207 g/mol. The first-order chi connectivity index (χ1) is 7.07. The van der Waals surface area contributed by atoms with Crippen LogP contribution < -0.4 is 4.90 Å². The van der Waals surface area contributed by atoms with Gasteiger partial charge in [-0.05, 0) is 31.9 Å². The van der Waals surface area contributed by atoms with Gasteiger partial charge >= 0.3 is 0 Å². The Hall–Kier alpha value is -1.22. The first kappa shape index (κ1) is 10.3. The highest BCUT2D eigenvalue weighted by Gasteiger charge is 2.28. The maximum absolute atomic E-state index is 9.97. The molecule has 82 valence electrons. The molecular weight excluding hydrogens is 190 g/mol. The molecule has 0 aliphatic carbocycles. The Morgan fingerprint density at radius 3 is 2.87 bits per heavy atom. The number of phenols is 1. The van der Waals surface area contributed by atoms with Gasteiger partial charge in [0.25, 0.3) is 0 Å². The molecule has 1 atom stereocenters. The van der Waals surface area contributed by atoms with Crippen LogP contribution in [0, 0.1) is 0 Å². The summed E-state index contributed by atoms with van der Waals surface area (Å²) in [5, 5.41) is 19.4. The van der Waals surface area contributed by atoms with Crippen molar-refractivity contribution in [3.05, 3.63) is 24.3 Å². The molecule has 0 amide bonds. The highest BCUT2D eigenvalue weighted by molar-refractivity contribution is 5.51. The van der Waals surface area contributed by atoms with E-state index in [1.165, 1.54) is 0 Å². The number of aliphatic hydroxyl groups is 1. The van der Waals surface area contributed by atoms with Gasteiger partial charge in [-0.2, -0.15) is 0 Å². The number of nitrogens with zero attached hydrogens (tertiary/aromatic N) is 1. The van der Waals surface area contributed by atoms with Crippen LogP contribution in [0.2, 0.25) is 0 Å². The Kier molecular flexibility index (Phi) is 2.57. The van der Waals surface area contributed by atoms with Crippen molar-refractivity contribution in [3.8, 4) is 5.75 Å². The smallest absolute Gasteiger partial charge is 0.117 e. The van der Waals surface area contributed by atoms with E-state index >= 15 is 0 Å². The summed E-state index contributed by atoms with van der Waals surface area (Å²) >= 11 is 0. The van der Waals surface area contributed by atoms with Crippen molar-refractivity contribution in [2.75, 3.05) is 18.0 Å². The Morgan fingerprint density at radius 2 is 2.20 bits per heavy atom. The lowest BCUT2D eigenvalue weighted by atomic mass is 9.95. The van der Waals surface area contributed by atoms with E-state index in [1.54, 1.807) is 12.1 Å². The van der Waals surface area contributed by atoms with Crippen LogP contribution in [0.5, 0.6) is 5.75 Å². The van der Waals surface area contributed by atoms with Crippen LogP contribution in [-0.4, -0.2) is 28.9 Å². The number of hydrogen-bond donors (Lipinski definition) is 2. The second kappa shape index (κ2) is 3.74. The molecule has 0 radical (unpaired) electrons. The van der Waals surface area contributed by atoms with Crippen LogP contribution in [-0.2, 0) is 0 Å². The largest absolute Gasteiger partial charge is 0.508 e. The lowest BCUT2D eigenvalue weighted by Gasteiger charge is -2.38. The van der Waals surface area contributed by atoms with Gasteiger partial charge in [0.2, 0.25) is 0 Å². The predicted octanol–water partition coefficient (Wildman–Crippen LogP) is 1.74. The van der Waals surface area contributed by atoms with Gasteiger partial charge in [-0.3, -0.25) is 0 Å². The molecule has 2 rings (SSSR count). The first-order valence-corrected chi connectivity index (χ1v) is 5.33. The molecule has 2 N–H and O–H groups in total. The molecular formula is C12H17NO2. The minimum atomic E-state index is -0.607. The fourth-order valence-electron chi connectivity index (χ4n) is 2.13. The summed E-state index contributed by atoms with van der Waals surface area (Å²) in [6, 6.07) is 7.18. The van der Waals surface area contributed by atoms with Crippen molar-refractivity contribution in [2.24, 2.45) is 0 Å². The zero-order valence-corrected chi connectivity index (χ0v) is 8.98. The highest BCUT2D eigenvalue weighted by atomic mass is 16.3. The van der Waals surface area contributed by atoms with Gasteiger partial charge in [0, 0.05) is 24.8 Å². The van der Waals surface area contributed by atoms with Crippen LogP contribution in [0.3, 0.4) is 0 Å². The minimum absolute atomic E-state index is 0.276. The third-order valence-corrected chi connectivity index (χ3v) is 2.87. The van der Waals surface area contributed by atoms with Gasteiger partial charge in [0.15, 0.2) is 0 Å². The maximum atomic E-state index is 9.97. The number of phenolic OH excluding ortho intramolecular Hbond substituents is 1. The quantitative estimate of drug-likeness (QED) is 0.737. The van der Waals surface area contributed by atoms with E-state index in [1.807, 2.05) is 19.1 Å². The molecule has 1 unspecified atom stereocenters. The number of rotatable bonds is 1. The summed E-state index contributed by atoms with van der Waals surface area (Å²) < 4.78 is 0. The lowest BCUT2D eigenvalue weighted by Crippen LogP contribution is -2.46. The average molecular weight is 207 g/mol. The maximum Gasteiger partial charge on any atom is 0.117 e. The van der Waals surface area contributed by atoms with E-state index in [4.69, 9.17) is 0 Å². The van der Waals surface area contributed by atoms with Crippen molar-refractivity contribution in [2.45, 2.75) is 25.4 Å². The van der Waals surface area contributed by atoms with Gasteiger partial charge in [-0.25, -0.2) is 0 Å². The number of aromatic hydroxyl groups is 1. The summed E-state index contributed by atoms with van der Waals surface area (Å²) in [4.78, 5) is 2.11. The Morgan fingerprint density at radius 1 is 1.40 bits per heavy atom. The fraction of sp³-hybridized carbons (Fsp3) is 0.500. The van der Waals surface area contributed by atoms with Gasteiger partial charge in [-0.1, -0.05) is 6.07 Å². The second-order valence-electron chi connectivity index (χ2n) is 4.54. The van der Waals surface area contributed by atoms with Gasteiger partial charge < -0.3 is 15.1 Å². The molecule has 1 aliphatic rings. The van der Waals surface area contributed by atoms with E-state index in [0.717, 1.165) is 25.1 Å². The van der Waals surface area contributed by atoms with Crippen LogP contribution in [0.25, 0.3) is 0 Å². The van der Waals surface area contributed by atoms with E-state index in [9.17, 15) is 10.2 Å². The summed E-state index contributed by atoms with van der Waals surface area (Å²) in [6.07, 6.45) is 1.84. The van der Waals surface area contributed by atoms with Crippen LogP contribution in [0.4, 0.5) is 5.69 Å². The summed E-state index contributed by atoms with van der Waals surface area (Å²) in [6.45, 7) is 3.44. The van der Waals surface area contributed by atoms with Crippen molar-refractivity contribution in [1.82, 2.24) is 0 Å². The molecule has 3 heteroatoms. The molecule has 0 spiro atoms. The number of piperidine rings is 1. The van der Waals surface area contributed by atoms with Crippen molar-refractivity contribution < 1.29 is 10.2 Å². The Bertz CT molecular complexity index is 349. The fourth-order valence-corrected chi connectivity index (χ4v) is 2.13. The molecule has 0 saturated carbocycles.